The molecule has 104 valence electrons. The quantitative estimate of drug-likeness (QED) is 0.922. The van der Waals surface area contributed by atoms with Crippen LogP contribution in [0, 0.1) is 6.92 Å². The molecule has 0 spiro atoms. The number of carbonyl (C=O) groups excluding carboxylic acids is 1. The van der Waals surface area contributed by atoms with E-state index in [1.807, 2.05) is 17.2 Å². The number of rotatable bonds is 2. The zero-order chi connectivity index (χ0) is 13.9. The van der Waals surface area contributed by atoms with Gasteiger partial charge in [-0.1, -0.05) is 0 Å². The van der Waals surface area contributed by atoms with Gasteiger partial charge in [0, 0.05) is 18.1 Å². The summed E-state index contributed by atoms with van der Waals surface area (Å²) in [5.74, 6) is 0.470. The van der Waals surface area contributed by atoms with Crippen molar-refractivity contribution >= 4 is 23.2 Å². The van der Waals surface area contributed by atoms with Crippen molar-refractivity contribution in [1.29, 1.82) is 0 Å². The number of thiazole rings is 1. The van der Waals surface area contributed by atoms with E-state index in [9.17, 15) is 4.79 Å². The highest BCUT2D eigenvalue weighted by Gasteiger charge is 2.31. The molecule has 2 aromatic rings. The highest BCUT2D eigenvalue weighted by atomic mass is 32.1. The molecule has 0 bridgehead atoms. The molecule has 1 N–H and O–H groups in total. The number of aryl methyl sites for hydroxylation is 1. The summed E-state index contributed by atoms with van der Waals surface area (Å²) < 4.78 is 0. The molecule has 0 aromatic carbocycles. The Bertz CT molecular complexity index is 600. The van der Waals surface area contributed by atoms with E-state index in [-0.39, 0.29) is 12.1 Å². The van der Waals surface area contributed by atoms with Gasteiger partial charge in [0.2, 0.25) is 0 Å². The second-order valence-corrected chi connectivity index (χ2v) is 5.74. The Morgan fingerprint density at radius 2 is 2.45 bits per heavy atom. The normalized spacial score (nSPS) is 18.2. The van der Waals surface area contributed by atoms with E-state index in [2.05, 4.69) is 20.5 Å². The number of aromatic nitrogens is 3. The van der Waals surface area contributed by atoms with Gasteiger partial charge in [-0.25, -0.2) is 9.78 Å². The number of hydrogen-bond acceptors (Lipinski definition) is 5. The monoisotopic (exact) mass is 289 g/mol. The van der Waals surface area contributed by atoms with Crippen LogP contribution in [0.4, 0.5) is 10.6 Å². The number of likely N-dealkylation sites (tertiary alicyclic amines) is 1. The summed E-state index contributed by atoms with van der Waals surface area (Å²) in [4.78, 5) is 18.7. The summed E-state index contributed by atoms with van der Waals surface area (Å²) in [6.07, 6.45) is 3.53. The zero-order valence-corrected chi connectivity index (χ0v) is 11.9. The van der Waals surface area contributed by atoms with Crippen LogP contribution in [0.2, 0.25) is 0 Å². The van der Waals surface area contributed by atoms with Crippen LogP contribution in [-0.4, -0.2) is 32.7 Å². The van der Waals surface area contributed by atoms with E-state index >= 15 is 0 Å². The van der Waals surface area contributed by atoms with E-state index < -0.39 is 0 Å². The predicted molar refractivity (Wildman–Crippen MR) is 76.6 cm³/mol. The summed E-state index contributed by atoms with van der Waals surface area (Å²) in [5, 5.41) is 13.5. The third-order valence-corrected chi connectivity index (χ3v) is 4.09. The lowest BCUT2D eigenvalue weighted by molar-refractivity contribution is 0.206. The highest BCUT2D eigenvalue weighted by Crippen LogP contribution is 2.32. The third kappa shape index (κ3) is 2.62. The number of nitrogens with one attached hydrogen (secondary N) is 1. The molecule has 3 heterocycles. The minimum absolute atomic E-state index is 0.0663. The van der Waals surface area contributed by atoms with Gasteiger partial charge >= 0.3 is 6.03 Å². The minimum Gasteiger partial charge on any atom is -0.316 e. The zero-order valence-electron chi connectivity index (χ0n) is 11.1. The van der Waals surface area contributed by atoms with Crippen molar-refractivity contribution in [3.63, 3.8) is 0 Å². The van der Waals surface area contributed by atoms with Gasteiger partial charge in [0.25, 0.3) is 0 Å². The summed E-state index contributed by atoms with van der Waals surface area (Å²) in [5.41, 5.74) is 0.985. The fourth-order valence-electron chi connectivity index (χ4n) is 2.40. The molecule has 1 atom stereocenters. The molecule has 2 amide bonds. The number of nitrogens with zero attached hydrogens (tertiary/aromatic N) is 4. The van der Waals surface area contributed by atoms with Crippen molar-refractivity contribution in [3.05, 3.63) is 34.4 Å². The lowest BCUT2D eigenvalue weighted by Crippen LogP contribution is -2.34. The SMILES string of the molecule is Cc1nc([C@H]2CCCN2C(=O)Nc2cccnn2)cs1. The first-order valence-corrected chi connectivity index (χ1v) is 7.39. The van der Waals surface area contributed by atoms with Crippen LogP contribution >= 0.6 is 11.3 Å². The fourth-order valence-corrected chi connectivity index (χ4v) is 3.06. The molecule has 1 saturated heterocycles. The molecule has 1 aliphatic rings. The lowest BCUT2D eigenvalue weighted by atomic mass is 10.2. The van der Waals surface area contributed by atoms with E-state index in [4.69, 9.17) is 0 Å². The summed E-state index contributed by atoms with van der Waals surface area (Å²) >= 11 is 1.62. The number of amides is 2. The molecular formula is C13H15N5OS. The average Bonchev–Trinajstić information content (AvgIpc) is 3.08. The van der Waals surface area contributed by atoms with Crippen molar-refractivity contribution in [2.24, 2.45) is 0 Å². The number of carbonyl (C=O) groups is 1. The van der Waals surface area contributed by atoms with Crippen molar-refractivity contribution < 1.29 is 4.79 Å². The standard InChI is InChI=1S/C13H15N5OS/c1-9-15-10(8-20-9)11-4-3-7-18(11)13(19)16-12-5-2-6-14-17-12/h2,5-6,8,11H,3-4,7H2,1H3,(H,16,17,19)/t11-/m1/s1. The maximum absolute atomic E-state index is 12.3. The largest absolute Gasteiger partial charge is 0.323 e. The molecule has 1 fully saturated rings. The molecule has 20 heavy (non-hydrogen) atoms. The fraction of sp³-hybridized carbons (Fsp3) is 0.385. The van der Waals surface area contributed by atoms with E-state index in [0.29, 0.717) is 5.82 Å². The molecule has 0 aliphatic carbocycles. The first kappa shape index (κ1) is 13.0. The Morgan fingerprint density at radius 3 is 3.15 bits per heavy atom. The Balaban J connectivity index is 1.73. The molecule has 7 heteroatoms. The lowest BCUT2D eigenvalue weighted by Gasteiger charge is -2.23. The van der Waals surface area contributed by atoms with Crippen LogP contribution in [0.5, 0.6) is 0 Å². The first-order valence-electron chi connectivity index (χ1n) is 6.51. The van der Waals surface area contributed by atoms with Gasteiger partial charge in [0.1, 0.15) is 0 Å². The van der Waals surface area contributed by atoms with Gasteiger partial charge in [-0.15, -0.1) is 16.4 Å². The third-order valence-electron chi connectivity index (χ3n) is 3.30. The van der Waals surface area contributed by atoms with E-state index in [0.717, 1.165) is 30.1 Å². The highest BCUT2D eigenvalue weighted by molar-refractivity contribution is 7.09. The van der Waals surface area contributed by atoms with Crippen molar-refractivity contribution in [2.45, 2.75) is 25.8 Å². The smallest absolute Gasteiger partial charge is 0.316 e. The van der Waals surface area contributed by atoms with Crippen molar-refractivity contribution in [2.75, 3.05) is 11.9 Å². The minimum atomic E-state index is -0.140. The Kier molecular flexibility index (Phi) is 3.60. The van der Waals surface area contributed by atoms with Crippen molar-refractivity contribution in [1.82, 2.24) is 20.1 Å². The van der Waals surface area contributed by atoms with E-state index in [1.54, 1.807) is 29.7 Å². The molecule has 6 nitrogen and oxygen atoms in total. The maximum Gasteiger partial charge on any atom is 0.323 e. The maximum atomic E-state index is 12.3. The van der Waals surface area contributed by atoms with E-state index in [1.165, 1.54) is 0 Å². The second-order valence-electron chi connectivity index (χ2n) is 4.68. The van der Waals surface area contributed by atoms with Gasteiger partial charge in [-0.2, -0.15) is 5.10 Å². The average molecular weight is 289 g/mol. The molecule has 3 rings (SSSR count). The number of hydrogen-bond donors (Lipinski definition) is 1. The topological polar surface area (TPSA) is 71.0 Å². The summed E-state index contributed by atoms with van der Waals surface area (Å²) in [7, 11) is 0. The van der Waals surface area contributed by atoms with Gasteiger partial charge in [0.15, 0.2) is 5.82 Å². The second kappa shape index (κ2) is 5.54. The van der Waals surface area contributed by atoms with Gasteiger partial charge in [-0.3, -0.25) is 5.32 Å². The Hall–Kier alpha value is -2.02. The molecular weight excluding hydrogens is 274 g/mol. The van der Waals surface area contributed by atoms with Crippen molar-refractivity contribution in [3.8, 4) is 0 Å². The Morgan fingerprint density at radius 1 is 1.55 bits per heavy atom. The van der Waals surface area contributed by atoms with Crippen LogP contribution in [0.3, 0.4) is 0 Å². The Labute approximate surface area is 120 Å². The van der Waals surface area contributed by atoms with Gasteiger partial charge in [0.05, 0.1) is 16.7 Å². The van der Waals surface area contributed by atoms with Gasteiger partial charge in [-0.05, 0) is 31.9 Å². The molecule has 0 saturated carbocycles. The number of urea groups is 1. The van der Waals surface area contributed by atoms with Crippen LogP contribution in [0.1, 0.15) is 29.6 Å². The molecule has 0 unspecified atom stereocenters. The van der Waals surface area contributed by atoms with Crippen LogP contribution in [-0.2, 0) is 0 Å². The summed E-state index contributed by atoms with van der Waals surface area (Å²) in [6, 6.07) is 3.40. The first-order chi connectivity index (χ1) is 9.74. The molecule has 1 aliphatic heterocycles. The van der Waals surface area contributed by atoms with Crippen LogP contribution in [0.15, 0.2) is 23.7 Å². The van der Waals surface area contributed by atoms with Gasteiger partial charge < -0.3 is 4.90 Å². The van der Waals surface area contributed by atoms with Crippen LogP contribution in [0.25, 0.3) is 0 Å². The predicted octanol–water partition coefficient (Wildman–Crippen LogP) is 2.61. The molecule has 2 aromatic heterocycles. The molecule has 0 radical (unpaired) electrons. The van der Waals surface area contributed by atoms with Crippen LogP contribution < -0.4 is 5.32 Å². The number of anilines is 1. The summed E-state index contributed by atoms with van der Waals surface area (Å²) in [6.45, 7) is 2.72.